The van der Waals surface area contributed by atoms with Crippen LogP contribution in [0.25, 0.3) is 90.7 Å². The molecule has 4 aliphatic carbocycles. The Hall–Kier alpha value is -7.54. The molecule has 0 saturated heterocycles. The molecule has 4 aromatic carbocycles. The zero-order chi connectivity index (χ0) is 40.9. The first-order valence-corrected chi connectivity index (χ1v) is 21.4. The van der Waals surface area contributed by atoms with Crippen molar-refractivity contribution in [3.8, 4) is 34.7 Å². The van der Waals surface area contributed by atoms with Gasteiger partial charge in [-0.05, 0) is 98.6 Å². The van der Waals surface area contributed by atoms with Gasteiger partial charge in [0.1, 0.15) is 11.7 Å². The number of hydrogen-bond donors (Lipinski definition) is 0. The van der Waals surface area contributed by atoms with Crippen LogP contribution in [-0.2, 0) is 25.7 Å². The van der Waals surface area contributed by atoms with E-state index in [1.165, 1.54) is 55.6 Å². The summed E-state index contributed by atoms with van der Waals surface area (Å²) >= 11 is 0. The standard InChI is InChI=1S/C55H41N5O/c1-3-38-44-30-37(58-45-20-10-6-17-41(45)42-18-7-11-21-46(42)58)25-27-48(44)60(54(38)55-33(2)39-15-9-13-23-52(39)61-55)51-29-35(31-56)50(28-36(51)32-57)59-47-22-12-8-19-43(47)53-40-16-5-4-14-34(40)24-26-49(53)59/h3-6,8-17,19-23,29-30,36H,1,7,18,24-28H2,2H3. The van der Waals surface area contributed by atoms with E-state index in [4.69, 9.17) is 4.42 Å². The maximum atomic E-state index is 11.3. The van der Waals surface area contributed by atoms with Crippen molar-refractivity contribution in [2.75, 3.05) is 0 Å². The molecule has 292 valence electrons. The number of aryl methyl sites for hydroxylation is 3. The van der Waals surface area contributed by atoms with Crippen molar-refractivity contribution in [1.82, 2.24) is 13.7 Å². The smallest absolute Gasteiger partial charge is 0.155 e. The van der Waals surface area contributed by atoms with Crippen LogP contribution in [0.1, 0.15) is 64.2 Å². The van der Waals surface area contributed by atoms with E-state index in [0.29, 0.717) is 12.0 Å². The number of benzene rings is 4. The molecule has 6 heteroatoms. The molecule has 0 fully saturated rings. The van der Waals surface area contributed by atoms with Gasteiger partial charge in [-0.25, -0.2) is 0 Å². The molecule has 4 heterocycles. The van der Waals surface area contributed by atoms with Crippen LogP contribution in [0.3, 0.4) is 0 Å². The van der Waals surface area contributed by atoms with Crippen molar-refractivity contribution in [3.05, 3.63) is 166 Å². The monoisotopic (exact) mass is 787 g/mol. The summed E-state index contributed by atoms with van der Waals surface area (Å²) in [4.78, 5) is 0. The lowest BCUT2D eigenvalue weighted by Gasteiger charge is -2.29. The molecule has 0 amide bonds. The molecule has 0 spiro atoms. The van der Waals surface area contributed by atoms with Gasteiger partial charge in [0.2, 0.25) is 0 Å². The Bertz CT molecular complexity index is 3460. The van der Waals surface area contributed by atoms with Crippen LogP contribution in [0, 0.1) is 35.5 Å². The minimum atomic E-state index is -0.548. The number of hydrogen-bond acceptors (Lipinski definition) is 3. The van der Waals surface area contributed by atoms with Crippen molar-refractivity contribution in [2.45, 2.75) is 51.9 Å². The summed E-state index contributed by atoms with van der Waals surface area (Å²) in [5.74, 6) is 0.204. The van der Waals surface area contributed by atoms with Crippen LogP contribution in [0.2, 0.25) is 0 Å². The van der Waals surface area contributed by atoms with E-state index >= 15 is 0 Å². The van der Waals surface area contributed by atoms with Crippen LogP contribution < -0.4 is 0 Å². The molecule has 0 bridgehead atoms. The van der Waals surface area contributed by atoms with Crippen LogP contribution in [-0.4, -0.2) is 13.7 Å². The lowest BCUT2D eigenvalue weighted by Crippen LogP contribution is -2.20. The Kier molecular flexibility index (Phi) is 7.83. The normalized spacial score (nSPS) is 16.7. The third kappa shape index (κ3) is 5.00. The average molecular weight is 788 g/mol. The van der Waals surface area contributed by atoms with Gasteiger partial charge in [-0.3, -0.25) is 0 Å². The number of furan rings is 1. The predicted octanol–water partition coefficient (Wildman–Crippen LogP) is 13.3. The predicted molar refractivity (Wildman–Crippen MR) is 248 cm³/mol. The van der Waals surface area contributed by atoms with E-state index in [9.17, 15) is 10.5 Å². The van der Waals surface area contributed by atoms with E-state index in [2.05, 4.69) is 136 Å². The SMILES string of the molecule is C=Cc1c2c(n(C3=CC(C#N)=C(n4c5c(c6ccccc64)-c4ccccc4CC5)CC3C#N)c1-c1oc3ccccc3c1C)CCC(n1c3c(c4ccccc41)CCC=C3)=C2. The van der Waals surface area contributed by atoms with Crippen LogP contribution in [0.15, 0.2) is 126 Å². The summed E-state index contributed by atoms with van der Waals surface area (Å²) in [5.41, 5.74) is 19.3. The van der Waals surface area contributed by atoms with Gasteiger partial charge in [-0.15, -0.1) is 0 Å². The summed E-state index contributed by atoms with van der Waals surface area (Å²) in [5, 5.41) is 26.0. The first kappa shape index (κ1) is 35.4. The summed E-state index contributed by atoms with van der Waals surface area (Å²) in [6.45, 7) is 6.54. The fraction of sp³-hybridized carbons (Fsp3) is 0.164. The van der Waals surface area contributed by atoms with E-state index in [1.807, 2.05) is 30.4 Å². The zero-order valence-electron chi connectivity index (χ0n) is 34.0. The van der Waals surface area contributed by atoms with Gasteiger partial charge in [-0.1, -0.05) is 97.6 Å². The molecule has 1 unspecified atom stereocenters. The molecule has 0 saturated carbocycles. The highest BCUT2D eigenvalue weighted by atomic mass is 16.3. The molecular weight excluding hydrogens is 747 g/mol. The highest BCUT2D eigenvalue weighted by Crippen LogP contribution is 2.50. The number of aromatic nitrogens is 3. The van der Waals surface area contributed by atoms with Crippen molar-refractivity contribution < 1.29 is 4.42 Å². The van der Waals surface area contributed by atoms with Crippen molar-refractivity contribution in [2.24, 2.45) is 5.92 Å². The first-order chi connectivity index (χ1) is 30.1. The minimum Gasteiger partial charge on any atom is -0.454 e. The molecular formula is C55H41N5O. The quantitative estimate of drug-likeness (QED) is 0.174. The lowest BCUT2D eigenvalue weighted by molar-refractivity contribution is 0.621. The van der Waals surface area contributed by atoms with Crippen LogP contribution in [0.4, 0.5) is 0 Å². The van der Waals surface area contributed by atoms with Gasteiger partial charge >= 0.3 is 0 Å². The average Bonchev–Trinajstić information content (AvgIpc) is 4.04. The van der Waals surface area contributed by atoms with E-state index in [-0.39, 0.29) is 0 Å². The number of nitriles is 2. The molecule has 61 heavy (non-hydrogen) atoms. The van der Waals surface area contributed by atoms with Gasteiger partial charge in [0.15, 0.2) is 5.76 Å². The minimum absolute atomic E-state index is 0.391. The summed E-state index contributed by atoms with van der Waals surface area (Å²) in [7, 11) is 0. The van der Waals surface area contributed by atoms with Crippen LogP contribution in [0.5, 0.6) is 0 Å². The van der Waals surface area contributed by atoms with E-state index < -0.39 is 5.92 Å². The molecule has 0 radical (unpaired) electrons. The van der Waals surface area contributed by atoms with Gasteiger partial charge in [-0.2, -0.15) is 10.5 Å². The Morgan fingerprint density at radius 1 is 0.754 bits per heavy atom. The second kappa shape index (κ2) is 13.5. The molecule has 0 N–H and O–H groups in total. The summed E-state index contributed by atoms with van der Waals surface area (Å²) in [6, 6.07) is 39.5. The molecule has 0 aliphatic heterocycles. The Balaban J connectivity index is 1.12. The van der Waals surface area contributed by atoms with E-state index in [0.717, 1.165) is 100 Å². The molecule has 4 aromatic heterocycles. The number of para-hydroxylation sites is 3. The van der Waals surface area contributed by atoms with Gasteiger partial charge < -0.3 is 18.1 Å². The van der Waals surface area contributed by atoms with Crippen molar-refractivity contribution >= 4 is 68.1 Å². The fourth-order valence-electron chi connectivity index (χ4n) is 11.1. The van der Waals surface area contributed by atoms with Crippen LogP contribution >= 0.6 is 0 Å². The Labute approximate surface area is 354 Å². The second-order valence-electron chi connectivity index (χ2n) is 16.8. The van der Waals surface area contributed by atoms with Gasteiger partial charge in [0.05, 0.1) is 34.3 Å². The fourth-order valence-corrected chi connectivity index (χ4v) is 11.1. The van der Waals surface area contributed by atoms with Crippen molar-refractivity contribution in [3.63, 3.8) is 0 Å². The van der Waals surface area contributed by atoms with Crippen molar-refractivity contribution in [1.29, 1.82) is 10.5 Å². The number of allylic oxidation sites excluding steroid dienone is 6. The van der Waals surface area contributed by atoms with E-state index in [1.54, 1.807) is 0 Å². The zero-order valence-corrected chi connectivity index (χ0v) is 34.0. The Morgan fingerprint density at radius 3 is 2.30 bits per heavy atom. The number of rotatable bonds is 5. The molecule has 1 atom stereocenters. The third-order valence-electron chi connectivity index (χ3n) is 13.7. The third-order valence-corrected chi connectivity index (χ3v) is 13.7. The highest BCUT2D eigenvalue weighted by Gasteiger charge is 2.36. The first-order valence-electron chi connectivity index (χ1n) is 21.4. The summed E-state index contributed by atoms with van der Waals surface area (Å²) in [6.07, 6.45) is 16.6. The maximum absolute atomic E-state index is 11.3. The Morgan fingerprint density at radius 2 is 1.49 bits per heavy atom. The number of nitrogens with zero attached hydrogens (tertiary/aromatic N) is 5. The summed E-state index contributed by atoms with van der Waals surface area (Å²) < 4.78 is 13.9. The second-order valence-corrected chi connectivity index (χ2v) is 16.8. The topological polar surface area (TPSA) is 75.5 Å². The van der Waals surface area contributed by atoms with Gasteiger partial charge in [0, 0.05) is 79.0 Å². The molecule has 12 rings (SSSR count). The molecule has 6 nitrogen and oxygen atoms in total. The largest absolute Gasteiger partial charge is 0.454 e. The maximum Gasteiger partial charge on any atom is 0.155 e. The number of fused-ring (bicyclic) bond motifs is 10. The molecule has 4 aliphatic rings. The van der Waals surface area contributed by atoms with Gasteiger partial charge in [0.25, 0.3) is 0 Å². The highest BCUT2D eigenvalue weighted by molar-refractivity contribution is 6.03. The lowest BCUT2D eigenvalue weighted by atomic mass is 9.87. The molecule has 8 aromatic rings.